The zero-order valence-corrected chi connectivity index (χ0v) is 10.8. The minimum absolute atomic E-state index is 0.178. The molecule has 1 aliphatic carbocycles. The van der Waals surface area contributed by atoms with Crippen molar-refractivity contribution in [3.63, 3.8) is 0 Å². The van der Waals surface area contributed by atoms with Gasteiger partial charge in [0, 0.05) is 19.8 Å². The highest BCUT2D eigenvalue weighted by Crippen LogP contribution is 2.24. The van der Waals surface area contributed by atoms with Gasteiger partial charge < -0.3 is 9.88 Å². The third-order valence-corrected chi connectivity index (χ3v) is 3.65. The average molecular weight is 248 g/mol. The minimum atomic E-state index is -0.307. The van der Waals surface area contributed by atoms with E-state index in [1.54, 1.807) is 30.3 Å². The molecule has 0 aliphatic heterocycles. The van der Waals surface area contributed by atoms with Gasteiger partial charge in [-0.3, -0.25) is 9.59 Å². The van der Waals surface area contributed by atoms with E-state index >= 15 is 0 Å². The molecule has 0 atom stereocenters. The fourth-order valence-electron chi connectivity index (χ4n) is 2.64. The van der Waals surface area contributed by atoms with E-state index in [4.69, 9.17) is 0 Å². The summed E-state index contributed by atoms with van der Waals surface area (Å²) < 4.78 is 0. The summed E-state index contributed by atoms with van der Waals surface area (Å²) in [6.45, 7) is 0.757. The highest BCUT2D eigenvalue weighted by molar-refractivity contribution is 5.93. The Morgan fingerprint density at radius 2 is 2.11 bits per heavy atom. The number of aromatic amines is 1. The summed E-state index contributed by atoms with van der Waals surface area (Å²) >= 11 is 0. The number of pyridine rings is 1. The summed E-state index contributed by atoms with van der Waals surface area (Å²) in [5.74, 6) is 0.415. The first kappa shape index (κ1) is 12.9. The number of nitrogens with one attached hydrogen (secondary N) is 1. The Kier molecular flexibility index (Phi) is 4.18. The van der Waals surface area contributed by atoms with E-state index in [2.05, 4.69) is 4.98 Å². The van der Waals surface area contributed by atoms with E-state index in [1.165, 1.54) is 32.1 Å². The van der Waals surface area contributed by atoms with Crippen molar-refractivity contribution in [3.05, 3.63) is 34.2 Å². The van der Waals surface area contributed by atoms with Gasteiger partial charge in [-0.05, 0) is 30.9 Å². The maximum absolute atomic E-state index is 12.1. The van der Waals surface area contributed by atoms with Crippen LogP contribution in [0.25, 0.3) is 0 Å². The largest absolute Gasteiger partial charge is 0.341 e. The summed E-state index contributed by atoms with van der Waals surface area (Å²) in [6, 6.07) is 3.27. The number of hydrogen-bond donors (Lipinski definition) is 1. The SMILES string of the molecule is CN(CC1CCCCC1)C(=O)c1ccc[nH]c1=O. The molecule has 4 nitrogen and oxygen atoms in total. The number of H-pyrrole nitrogens is 1. The minimum Gasteiger partial charge on any atom is -0.341 e. The van der Waals surface area contributed by atoms with Gasteiger partial charge in [0.05, 0.1) is 0 Å². The van der Waals surface area contributed by atoms with Crippen molar-refractivity contribution in [3.8, 4) is 0 Å². The van der Waals surface area contributed by atoms with Gasteiger partial charge in [-0.1, -0.05) is 19.3 Å². The van der Waals surface area contributed by atoms with E-state index in [0.717, 1.165) is 6.54 Å². The van der Waals surface area contributed by atoms with Crippen molar-refractivity contribution in [1.82, 2.24) is 9.88 Å². The topological polar surface area (TPSA) is 53.2 Å². The van der Waals surface area contributed by atoms with E-state index in [0.29, 0.717) is 5.92 Å². The van der Waals surface area contributed by atoms with Crippen LogP contribution in [-0.4, -0.2) is 29.4 Å². The standard InChI is InChI=1S/C14H20N2O2/c1-16(10-11-6-3-2-4-7-11)14(18)12-8-5-9-15-13(12)17/h5,8-9,11H,2-4,6-7,10H2,1H3,(H,15,17). The first-order chi connectivity index (χ1) is 8.68. The van der Waals surface area contributed by atoms with Crippen molar-refractivity contribution >= 4 is 5.91 Å². The second-order valence-electron chi connectivity index (χ2n) is 5.10. The molecule has 1 aliphatic rings. The molecule has 4 heteroatoms. The van der Waals surface area contributed by atoms with Crippen LogP contribution in [0.3, 0.4) is 0 Å². The summed E-state index contributed by atoms with van der Waals surface area (Å²) in [5.41, 5.74) is -0.0752. The second kappa shape index (κ2) is 5.85. The first-order valence-corrected chi connectivity index (χ1v) is 6.61. The van der Waals surface area contributed by atoms with Crippen LogP contribution < -0.4 is 5.56 Å². The predicted molar refractivity (Wildman–Crippen MR) is 70.6 cm³/mol. The first-order valence-electron chi connectivity index (χ1n) is 6.61. The van der Waals surface area contributed by atoms with Crippen molar-refractivity contribution < 1.29 is 4.79 Å². The van der Waals surface area contributed by atoms with Gasteiger partial charge in [0.2, 0.25) is 0 Å². The second-order valence-corrected chi connectivity index (χ2v) is 5.10. The molecule has 0 unspecified atom stereocenters. The lowest BCUT2D eigenvalue weighted by atomic mass is 9.89. The molecule has 0 bridgehead atoms. The van der Waals surface area contributed by atoms with Gasteiger partial charge >= 0.3 is 0 Å². The molecule has 0 aromatic carbocycles. The lowest BCUT2D eigenvalue weighted by Crippen LogP contribution is -2.35. The van der Waals surface area contributed by atoms with E-state index < -0.39 is 0 Å². The van der Waals surface area contributed by atoms with Crippen LogP contribution in [-0.2, 0) is 0 Å². The molecule has 1 heterocycles. The van der Waals surface area contributed by atoms with Gasteiger partial charge in [0.15, 0.2) is 0 Å². The van der Waals surface area contributed by atoms with Crippen molar-refractivity contribution in [2.45, 2.75) is 32.1 Å². The summed E-state index contributed by atoms with van der Waals surface area (Å²) in [5, 5.41) is 0. The summed E-state index contributed by atoms with van der Waals surface area (Å²) in [7, 11) is 1.78. The predicted octanol–water partition coefficient (Wildman–Crippen LogP) is 2.03. The Hall–Kier alpha value is -1.58. The summed E-state index contributed by atoms with van der Waals surface area (Å²) in [6.07, 6.45) is 7.77. The van der Waals surface area contributed by atoms with Crippen LogP contribution in [0.4, 0.5) is 0 Å². The highest BCUT2D eigenvalue weighted by Gasteiger charge is 2.20. The Balaban J connectivity index is 2.00. The molecule has 1 fully saturated rings. The van der Waals surface area contributed by atoms with E-state index in [9.17, 15) is 9.59 Å². The normalized spacial score (nSPS) is 16.5. The van der Waals surface area contributed by atoms with Crippen molar-refractivity contribution in [2.24, 2.45) is 5.92 Å². The van der Waals surface area contributed by atoms with E-state index in [1.807, 2.05) is 0 Å². The zero-order chi connectivity index (χ0) is 13.0. The number of carbonyl (C=O) groups is 1. The number of amides is 1. The quantitative estimate of drug-likeness (QED) is 0.889. The Morgan fingerprint density at radius 3 is 2.78 bits per heavy atom. The third-order valence-electron chi connectivity index (χ3n) is 3.65. The lowest BCUT2D eigenvalue weighted by molar-refractivity contribution is 0.0759. The molecule has 0 saturated heterocycles. The zero-order valence-electron chi connectivity index (χ0n) is 10.8. The number of hydrogen-bond acceptors (Lipinski definition) is 2. The van der Waals surface area contributed by atoms with Crippen LogP contribution >= 0.6 is 0 Å². The van der Waals surface area contributed by atoms with Gasteiger partial charge in [-0.15, -0.1) is 0 Å². The highest BCUT2D eigenvalue weighted by atomic mass is 16.2. The molecule has 1 aromatic rings. The average Bonchev–Trinajstić information content (AvgIpc) is 2.39. The molecular formula is C14H20N2O2. The van der Waals surface area contributed by atoms with Gasteiger partial charge in [-0.2, -0.15) is 0 Å². The molecule has 1 amide bonds. The molecular weight excluding hydrogens is 228 g/mol. The number of aromatic nitrogens is 1. The third kappa shape index (κ3) is 3.00. The Labute approximate surface area is 107 Å². The molecule has 0 spiro atoms. The maximum atomic E-state index is 12.1. The number of rotatable bonds is 3. The van der Waals surface area contributed by atoms with E-state index in [-0.39, 0.29) is 17.0 Å². The number of nitrogens with zero attached hydrogens (tertiary/aromatic N) is 1. The smallest absolute Gasteiger partial charge is 0.260 e. The fraction of sp³-hybridized carbons (Fsp3) is 0.571. The van der Waals surface area contributed by atoms with Crippen LogP contribution in [0.2, 0.25) is 0 Å². The molecule has 1 N–H and O–H groups in total. The Morgan fingerprint density at radius 1 is 1.39 bits per heavy atom. The van der Waals surface area contributed by atoms with Crippen LogP contribution in [0.1, 0.15) is 42.5 Å². The van der Waals surface area contributed by atoms with Crippen molar-refractivity contribution in [2.75, 3.05) is 13.6 Å². The molecule has 98 valence electrons. The van der Waals surface area contributed by atoms with Crippen LogP contribution in [0.15, 0.2) is 23.1 Å². The van der Waals surface area contributed by atoms with Crippen LogP contribution in [0.5, 0.6) is 0 Å². The van der Waals surface area contributed by atoms with Crippen LogP contribution in [0, 0.1) is 5.92 Å². The van der Waals surface area contributed by atoms with Gasteiger partial charge in [-0.25, -0.2) is 0 Å². The van der Waals surface area contributed by atoms with Gasteiger partial charge in [0.25, 0.3) is 11.5 Å². The molecule has 1 saturated carbocycles. The lowest BCUT2D eigenvalue weighted by Gasteiger charge is -2.26. The molecule has 0 radical (unpaired) electrons. The molecule has 2 rings (SSSR count). The Bertz CT molecular complexity index is 461. The fourth-order valence-corrected chi connectivity index (χ4v) is 2.64. The molecule has 1 aromatic heterocycles. The monoisotopic (exact) mass is 248 g/mol. The van der Waals surface area contributed by atoms with Crippen molar-refractivity contribution in [1.29, 1.82) is 0 Å². The maximum Gasteiger partial charge on any atom is 0.260 e. The summed E-state index contributed by atoms with van der Waals surface area (Å²) in [4.78, 5) is 27.9. The molecule has 18 heavy (non-hydrogen) atoms. The van der Waals surface area contributed by atoms with Gasteiger partial charge in [0.1, 0.15) is 5.56 Å². The number of carbonyl (C=O) groups excluding carboxylic acids is 1.